The van der Waals surface area contributed by atoms with Crippen molar-refractivity contribution in [1.82, 2.24) is 29.5 Å². The maximum absolute atomic E-state index is 13.7. The highest BCUT2D eigenvalue weighted by Gasteiger charge is 2.41. The first-order valence-corrected chi connectivity index (χ1v) is 19.0. The highest BCUT2D eigenvalue weighted by Crippen LogP contribution is 2.41. The second-order valence-electron chi connectivity index (χ2n) is 16.6. The fourth-order valence-electron chi connectivity index (χ4n) is 6.80. The van der Waals surface area contributed by atoms with Crippen LogP contribution in [0.4, 0.5) is 11.6 Å². The number of rotatable bonds is 4. The molecule has 0 spiro atoms. The van der Waals surface area contributed by atoms with E-state index in [0.717, 1.165) is 54.9 Å². The quantitative estimate of drug-likeness (QED) is 0.228. The van der Waals surface area contributed by atoms with Crippen LogP contribution >= 0.6 is 0 Å². The van der Waals surface area contributed by atoms with Crippen molar-refractivity contribution in [2.75, 3.05) is 16.8 Å². The number of nitrogens with one attached hydrogen (secondary N) is 2. The van der Waals surface area contributed by atoms with Gasteiger partial charge in [-0.1, -0.05) is 47.6 Å². The van der Waals surface area contributed by atoms with Gasteiger partial charge < -0.3 is 10.2 Å². The molecule has 6 rings (SSSR count). The minimum absolute atomic E-state index is 0.223. The molecular formula is C38H50N8O3S. The third kappa shape index (κ3) is 7.85. The van der Waals surface area contributed by atoms with Crippen molar-refractivity contribution in [3.8, 4) is 11.3 Å². The van der Waals surface area contributed by atoms with Crippen LogP contribution in [0.25, 0.3) is 11.3 Å². The van der Waals surface area contributed by atoms with Crippen LogP contribution in [0.3, 0.4) is 0 Å². The first-order chi connectivity index (χ1) is 23.4. The fourth-order valence-corrected chi connectivity index (χ4v) is 7.74. The lowest BCUT2D eigenvalue weighted by Gasteiger charge is -2.34. The lowest BCUT2D eigenvalue weighted by Crippen LogP contribution is -2.41. The van der Waals surface area contributed by atoms with E-state index < -0.39 is 15.9 Å². The van der Waals surface area contributed by atoms with Crippen LogP contribution in [0.5, 0.6) is 0 Å². The number of aryl methyl sites for hydroxylation is 1. The van der Waals surface area contributed by atoms with Gasteiger partial charge in [-0.15, -0.1) is 0 Å². The van der Waals surface area contributed by atoms with Crippen LogP contribution in [0.2, 0.25) is 0 Å². The summed E-state index contributed by atoms with van der Waals surface area (Å²) < 4.78 is 31.4. The Kier molecular flexibility index (Phi) is 9.30. The average molecular weight is 699 g/mol. The summed E-state index contributed by atoms with van der Waals surface area (Å²) in [5.74, 6) is 0.453. The number of anilines is 2. The number of nitrogens with zero attached hydrogens (tertiary/aromatic N) is 6. The number of fused-ring (bicyclic) bond motifs is 6. The summed E-state index contributed by atoms with van der Waals surface area (Å²) in [6, 6.07) is 14.1. The van der Waals surface area contributed by atoms with Gasteiger partial charge in [-0.05, 0) is 93.3 Å². The van der Waals surface area contributed by atoms with Gasteiger partial charge in [-0.3, -0.25) is 14.5 Å². The predicted octanol–water partition coefficient (Wildman–Crippen LogP) is 7.14. The Morgan fingerprint density at radius 2 is 1.74 bits per heavy atom. The zero-order valence-electron chi connectivity index (χ0n) is 30.5. The van der Waals surface area contributed by atoms with Crippen LogP contribution in [0, 0.1) is 11.3 Å². The van der Waals surface area contributed by atoms with Gasteiger partial charge in [0.1, 0.15) is 11.6 Å². The lowest BCUT2D eigenvalue weighted by atomic mass is 9.90. The Balaban J connectivity index is 1.34. The van der Waals surface area contributed by atoms with Crippen LogP contribution in [-0.4, -0.2) is 51.1 Å². The molecule has 1 fully saturated rings. The molecule has 4 aromatic rings. The van der Waals surface area contributed by atoms with E-state index in [2.05, 4.69) is 75.3 Å². The van der Waals surface area contributed by atoms with E-state index in [-0.39, 0.29) is 33.0 Å². The van der Waals surface area contributed by atoms with Gasteiger partial charge in [0.15, 0.2) is 5.03 Å². The number of pyridine rings is 3. The number of aromatic nitrogens is 5. The number of sulfonamides is 1. The third-order valence-electron chi connectivity index (χ3n) is 9.69. The molecule has 4 aromatic heterocycles. The lowest BCUT2D eigenvalue weighted by molar-refractivity contribution is 0.0981. The zero-order chi connectivity index (χ0) is 36.1. The number of hydrogen-bond acceptors (Lipinski definition) is 9. The van der Waals surface area contributed by atoms with Gasteiger partial charge in [0.05, 0.1) is 23.0 Å². The molecule has 0 unspecified atom stereocenters. The Hall–Kier alpha value is -4.32. The Morgan fingerprint density at radius 1 is 0.960 bits per heavy atom. The molecule has 2 aliphatic heterocycles. The van der Waals surface area contributed by atoms with E-state index in [0.29, 0.717) is 24.1 Å². The van der Waals surface area contributed by atoms with E-state index in [9.17, 15) is 13.2 Å². The minimum Gasteiger partial charge on any atom is -0.362 e. The predicted molar refractivity (Wildman–Crippen MR) is 196 cm³/mol. The SMILES string of the molecule is CC(C)(C)CCn1ccc(-c2ccc([C@@H]3CC[C@@H]4CN(c5nc(C(C)(C)C)ccc5C(=O)NS(=O)(=O)c5cccc(n5)N3)C(C)(C)C4)nc2)n1. The van der Waals surface area contributed by atoms with Gasteiger partial charge >= 0.3 is 0 Å². The van der Waals surface area contributed by atoms with Crippen molar-refractivity contribution in [2.45, 2.75) is 110 Å². The van der Waals surface area contributed by atoms with Gasteiger partial charge in [0, 0.05) is 47.7 Å². The molecule has 0 saturated carbocycles. The largest absolute Gasteiger partial charge is 0.362 e. The van der Waals surface area contributed by atoms with E-state index in [4.69, 9.17) is 15.1 Å². The summed E-state index contributed by atoms with van der Waals surface area (Å²) in [4.78, 5) is 30.3. The first kappa shape index (κ1) is 35.5. The van der Waals surface area contributed by atoms with Crippen molar-refractivity contribution < 1.29 is 13.2 Å². The van der Waals surface area contributed by atoms with Gasteiger partial charge in [0.2, 0.25) is 0 Å². The average Bonchev–Trinajstić information content (AvgIpc) is 3.64. The topological polar surface area (TPSA) is 135 Å². The van der Waals surface area contributed by atoms with Gasteiger partial charge in [-0.2, -0.15) is 13.5 Å². The highest BCUT2D eigenvalue weighted by atomic mass is 32.2. The molecule has 2 atom stereocenters. The molecule has 1 amide bonds. The Bertz CT molecular complexity index is 1970. The molecule has 1 saturated heterocycles. The van der Waals surface area contributed by atoms with E-state index in [1.165, 1.54) is 6.07 Å². The summed E-state index contributed by atoms with van der Waals surface area (Å²) in [6.07, 6.45) is 7.38. The van der Waals surface area contributed by atoms with Crippen molar-refractivity contribution in [1.29, 1.82) is 0 Å². The van der Waals surface area contributed by atoms with Crippen LogP contribution in [-0.2, 0) is 22.0 Å². The van der Waals surface area contributed by atoms with Gasteiger partial charge in [0.25, 0.3) is 15.9 Å². The van der Waals surface area contributed by atoms with Crippen molar-refractivity contribution >= 4 is 27.6 Å². The molecule has 0 aromatic carbocycles. The Morgan fingerprint density at radius 3 is 2.44 bits per heavy atom. The summed E-state index contributed by atoms with van der Waals surface area (Å²) in [5, 5.41) is 8.00. The second kappa shape index (κ2) is 13.1. The van der Waals surface area contributed by atoms with Crippen LogP contribution in [0.1, 0.15) is 109 Å². The summed E-state index contributed by atoms with van der Waals surface area (Å²) in [7, 11) is -4.30. The molecule has 0 aliphatic carbocycles. The molecule has 11 nitrogen and oxygen atoms in total. The maximum atomic E-state index is 13.7. The summed E-state index contributed by atoms with van der Waals surface area (Å²) in [5.41, 5.74) is 3.31. The van der Waals surface area contributed by atoms with Gasteiger partial charge in [-0.25, -0.2) is 14.7 Å². The molecule has 4 bridgehead atoms. The maximum Gasteiger partial charge on any atom is 0.281 e. The highest BCUT2D eigenvalue weighted by molar-refractivity contribution is 7.90. The molecule has 266 valence electrons. The van der Waals surface area contributed by atoms with E-state index in [1.807, 2.05) is 41.3 Å². The van der Waals surface area contributed by atoms with Crippen molar-refractivity contribution in [2.24, 2.45) is 11.3 Å². The van der Waals surface area contributed by atoms with Crippen molar-refractivity contribution in [3.05, 3.63) is 77.9 Å². The van der Waals surface area contributed by atoms with Crippen molar-refractivity contribution in [3.63, 3.8) is 0 Å². The minimum atomic E-state index is -4.30. The van der Waals surface area contributed by atoms with E-state index in [1.54, 1.807) is 18.2 Å². The number of carbonyl (C=O) groups is 1. The number of hydrogen-bond donors (Lipinski definition) is 2. The molecular weight excluding hydrogens is 649 g/mol. The van der Waals surface area contributed by atoms with Crippen LogP contribution < -0.4 is 14.9 Å². The molecule has 6 heterocycles. The normalized spacial score (nSPS) is 20.6. The molecule has 50 heavy (non-hydrogen) atoms. The third-order valence-corrected chi connectivity index (χ3v) is 10.9. The summed E-state index contributed by atoms with van der Waals surface area (Å²) >= 11 is 0. The fraction of sp³-hybridized carbons (Fsp3) is 0.500. The second-order valence-corrected chi connectivity index (χ2v) is 18.3. The van der Waals surface area contributed by atoms with Crippen LogP contribution in [0.15, 0.2) is 66.0 Å². The molecule has 2 N–H and O–H groups in total. The first-order valence-electron chi connectivity index (χ1n) is 17.5. The molecule has 0 radical (unpaired) electrons. The smallest absolute Gasteiger partial charge is 0.281 e. The Labute approximate surface area is 296 Å². The zero-order valence-corrected chi connectivity index (χ0v) is 31.3. The molecule has 2 aliphatic rings. The number of carbonyl (C=O) groups excluding carboxylic acids is 1. The van der Waals surface area contributed by atoms with E-state index >= 15 is 0 Å². The number of amides is 1. The standard InChI is InChI=1S/C38H50N8O3S/c1-36(2,3)19-21-45-20-18-28(43-45)26-13-16-29(39-23-26)30-15-12-25-22-38(7,8)46(24-25)34-27(14-17-31(41-34)37(4,5)6)35(47)44-50(48,49)33-11-9-10-32(40-30)42-33/h9-11,13-14,16-18,20,23,25,30H,12,15,19,21-22,24H2,1-8H3,(H,40,42)(H,44,47)/t25-,30-/m0/s1. The monoisotopic (exact) mass is 698 g/mol. The summed E-state index contributed by atoms with van der Waals surface area (Å²) in [6.45, 7) is 18.8. The molecule has 12 heteroatoms.